The summed E-state index contributed by atoms with van der Waals surface area (Å²) < 4.78 is 0. The normalized spacial score (nSPS) is 12.0. The van der Waals surface area contributed by atoms with Crippen LogP contribution in [0.5, 0.6) is 0 Å². The van der Waals surface area contributed by atoms with Gasteiger partial charge in [-0.05, 0) is 45.0 Å². The molecule has 4 aromatic carbocycles. The van der Waals surface area contributed by atoms with E-state index in [4.69, 9.17) is 0 Å². The molecule has 0 spiro atoms. The lowest BCUT2D eigenvalue weighted by Gasteiger charge is -2.13. The van der Waals surface area contributed by atoms with Crippen LogP contribution in [0.15, 0.2) is 121 Å². The maximum absolute atomic E-state index is 2.32. The molecule has 140 valence electrons. The van der Waals surface area contributed by atoms with E-state index in [1.807, 2.05) is 0 Å². The summed E-state index contributed by atoms with van der Waals surface area (Å²) in [6, 6.07) is 42.6. The summed E-state index contributed by atoms with van der Waals surface area (Å²) >= 11 is 0. The third-order valence-corrected chi connectivity index (χ3v) is 6.06. The van der Waals surface area contributed by atoms with E-state index in [1.165, 1.54) is 32.9 Å². The topological polar surface area (TPSA) is 0 Å². The number of rotatable bonds is 6. The van der Waals surface area contributed by atoms with E-state index < -0.39 is 0 Å². The molecule has 0 bridgehead atoms. The average molecular weight is 390 g/mol. The Hall–Kier alpha value is -3.21. The minimum atomic E-state index is 0.543. The van der Waals surface area contributed by atoms with Crippen molar-refractivity contribution in [3.8, 4) is 0 Å². The van der Waals surface area contributed by atoms with Crippen LogP contribution in [0.25, 0.3) is 22.8 Å². The summed E-state index contributed by atoms with van der Waals surface area (Å²) in [6.07, 6.45) is 4.63. The van der Waals surface area contributed by atoms with Gasteiger partial charge in [0.1, 0.15) is 0 Å². The van der Waals surface area contributed by atoms with Gasteiger partial charge in [0.25, 0.3) is 0 Å². The van der Waals surface area contributed by atoms with Crippen LogP contribution in [0.3, 0.4) is 0 Å². The Morgan fingerprint density at radius 3 is 1.07 bits per heavy atom. The third kappa shape index (κ3) is 5.41. The van der Waals surface area contributed by atoms with Crippen molar-refractivity contribution in [2.24, 2.45) is 0 Å². The van der Waals surface area contributed by atoms with Gasteiger partial charge >= 0.3 is 0 Å². The maximum atomic E-state index is 2.32. The third-order valence-electron chi connectivity index (χ3n) is 4.66. The standard InChI is InChI=1S/C28H23P/c1-5-13-23(14-6-1)21-27(25-17-9-3-10-18-25)29-28(26-19-11-4-12-20-26)22-24-15-7-2-8-16-24/h1-22,29H/b27-21-,28-22-. The molecule has 0 aromatic heterocycles. The second-order valence-corrected chi connectivity index (χ2v) is 8.12. The van der Waals surface area contributed by atoms with Crippen LogP contribution in [-0.4, -0.2) is 0 Å². The van der Waals surface area contributed by atoms with Crippen LogP contribution in [0.1, 0.15) is 22.3 Å². The zero-order valence-corrected chi connectivity index (χ0v) is 17.2. The molecule has 0 saturated carbocycles. The fourth-order valence-electron chi connectivity index (χ4n) is 3.20. The largest absolute Gasteiger partial charge is 0.0622 e. The van der Waals surface area contributed by atoms with E-state index in [2.05, 4.69) is 133 Å². The highest BCUT2D eigenvalue weighted by atomic mass is 31.1. The van der Waals surface area contributed by atoms with Crippen LogP contribution in [0.2, 0.25) is 0 Å². The van der Waals surface area contributed by atoms with Crippen molar-refractivity contribution in [1.29, 1.82) is 0 Å². The van der Waals surface area contributed by atoms with E-state index in [0.717, 1.165) is 0 Å². The van der Waals surface area contributed by atoms with Gasteiger partial charge in [-0.2, -0.15) is 0 Å². The SMILES string of the molecule is C(=C(/P/C(=C\c1ccccc1)c1ccccc1)c1ccccc1)/c1ccccc1. The van der Waals surface area contributed by atoms with Crippen molar-refractivity contribution >= 4 is 31.4 Å². The predicted molar refractivity (Wildman–Crippen MR) is 130 cm³/mol. The van der Waals surface area contributed by atoms with Gasteiger partial charge in [0, 0.05) is 0 Å². The second kappa shape index (κ2) is 9.82. The zero-order chi connectivity index (χ0) is 19.7. The van der Waals surface area contributed by atoms with Gasteiger partial charge in [-0.1, -0.05) is 130 Å². The molecule has 0 aliphatic carbocycles. The summed E-state index contributed by atoms with van der Waals surface area (Å²) in [7, 11) is 0.543. The lowest BCUT2D eigenvalue weighted by molar-refractivity contribution is 1.63. The zero-order valence-electron chi connectivity index (χ0n) is 16.2. The Balaban J connectivity index is 1.78. The average Bonchev–Trinajstić information content (AvgIpc) is 2.81. The fourth-order valence-corrected chi connectivity index (χ4v) is 4.59. The van der Waals surface area contributed by atoms with Gasteiger partial charge in [-0.25, -0.2) is 0 Å². The Bertz CT molecular complexity index is 989. The monoisotopic (exact) mass is 390 g/mol. The van der Waals surface area contributed by atoms with E-state index in [9.17, 15) is 0 Å². The maximum Gasteiger partial charge on any atom is -0.0148 e. The molecule has 0 atom stereocenters. The lowest BCUT2D eigenvalue weighted by Crippen LogP contribution is -1.83. The Morgan fingerprint density at radius 2 is 0.724 bits per heavy atom. The molecule has 0 unspecified atom stereocenters. The lowest BCUT2D eigenvalue weighted by atomic mass is 10.1. The second-order valence-electron chi connectivity index (χ2n) is 6.79. The number of hydrogen-bond acceptors (Lipinski definition) is 0. The Kier molecular flexibility index (Phi) is 6.48. The molecular weight excluding hydrogens is 367 g/mol. The first-order chi connectivity index (χ1) is 14.4. The van der Waals surface area contributed by atoms with Crippen molar-refractivity contribution in [2.75, 3.05) is 0 Å². The van der Waals surface area contributed by atoms with Gasteiger partial charge in [0.05, 0.1) is 0 Å². The first-order valence-electron chi connectivity index (χ1n) is 9.80. The molecule has 4 rings (SSSR count). The quantitative estimate of drug-likeness (QED) is 0.231. The van der Waals surface area contributed by atoms with Crippen molar-refractivity contribution < 1.29 is 0 Å². The van der Waals surface area contributed by atoms with Crippen molar-refractivity contribution in [3.63, 3.8) is 0 Å². The minimum Gasteiger partial charge on any atom is -0.0622 e. The Morgan fingerprint density at radius 1 is 0.414 bits per heavy atom. The van der Waals surface area contributed by atoms with E-state index >= 15 is 0 Å². The van der Waals surface area contributed by atoms with E-state index in [0.29, 0.717) is 8.58 Å². The molecule has 0 fully saturated rings. The highest BCUT2D eigenvalue weighted by Crippen LogP contribution is 2.47. The van der Waals surface area contributed by atoms with Crippen LogP contribution < -0.4 is 0 Å². The molecule has 0 amide bonds. The molecule has 0 saturated heterocycles. The molecule has 0 nitrogen and oxygen atoms in total. The minimum absolute atomic E-state index is 0.543. The first-order valence-corrected chi connectivity index (χ1v) is 10.8. The van der Waals surface area contributed by atoms with Gasteiger partial charge in [0.2, 0.25) is 0 Å². The summed E-state index contributed by atoms with van der Waals surface area (Å²) in [5.41, 5.74) is 4.99. The molecule has 1 heteroatoms. The fraction of sp³-hybridized carbons (Fsp3) is 0. The smallest absolute Gasteiger partial charge is 0.0148 e. The van der Waals surface area contributed by atoms with Gasteiger partial charge in [0.15, 0.2) is 0 Å². The first kappa shape index (κ1) is 19.1. The van der Waals surface area contributed by atoms with Gasteiger partial charge < -0.3 is 0 Å². The van der Waals surface area contributed by atoms with Gasteiger partial charge in [-0.15, -0.1) is 0 Å². The summed E-state index contributed by atoms with van der Waals surface area (Å²) in [6.45, 7) is 0. The molecule has 0 N–H and O–H groups in total. The highest BCUT2D eigenvalue weighted by molar-refractivity contribution is 7.62. The highest BCUT2D eigenvalue weighted by Gasteiger charge is 2.08. The van der Waals surface area contributed by atoms with Crippen molar-refractivity contribution in [1.82, 2.24) is 0 Å². The van der Waals surface area contributed by atoms with Gasteiger partial charge in [-0.3, -0.25) is 0 Å². The predicted octanol–water partition coefficient (Wildman–Crippen LogP) is 8.06. The van der Waals surface area contributed by atoms with Crippen molar-refractivity contribution in [2.45, 2.75) is 0 Å². The molecule has 0 heterocycles. The van der Waals surface area contributed by atoms with Crippen molar-refractivity contribution in [3.05, 3.63) is 144 Å². The van der Waals surface area contributed by atoms with Crippen LogP contribution in [-0.2, 0) is 0 Å². The molecule has 0 aliphatic rings. The van der Waals surface area contributed by atoms with Crippen LogP contribution in [0.4, 0.5) is 0 Å². The molecule has 0 aliphatic heterocycles. The summed E-state index contributed by atoms with van der Waals surface area (Å²) in [4.78, 5) is 0. The molecular formula is C28H23P. The molecule has 0 radical (unpaired) electrons. The molecule has 4 aromatic rings. The number of benzene rings is 4. The summed E-state index contributed by atoms with van der Waals surface area (Å²) in [5, 5.41) is 2.67. The summed E-state index contributed by atoms with van der Waals surface area (Å²) in [5.74, 6) is 0. The van der Waals surface area contributed by atoms with Crippen LogP contribution in [0, 0.1) is 0 Å². The van der Waals surface area contributed by atoms with Crippen LogP contribution >= 0.6 is 8.58 Å². The molecule has 29 heavy (non-hydrogen) atoms. The van der Waals surface area contributed by atoms with E-state index in [-0.39, 0.29) is 0 Å². The Labute approximate surface area is 175 Å². The number of hydrogen-bond donors (Lipinski definition) is 0. The van der Waals surface area contributed by atoms with E-state index in [1.54, 1.807) is 0 Å².